The summed E-state index contributed by atoms with van der Waals surface area (Å²) in [7, 11) is 0. The van der Waals surface area contributed by atoms with Crippen molar-refractivity contribution in [3.05, 3.63) is 0 Å². The first-order valence-electron chi connectivity index (χ1n) is 5.02. The van der Waals surface area contributed by atoms with E-state index >= 15 is 0 Å². The van der Waals surface area contributed by atoms with Crippen LogP contribution in [0.5, 0.6) is 0 Å². The Morgan fingerprint density at radius 2 is 1.23 bits per heavy atom. The highest BCUT2D eigenvalue weighted by atomic mass is 16.1. The largest absolute Gasteiger partial charge is 0.299 e. The van der Waals surface area contributed by atoms with E-state index < -0.39 is 0 Å². The molecule has 1 fully saturated rings. The molecule has 1 rings (SSSR count). The van der Waals surface area contributed by atoms with Crippen LogP contribution in [0.15, 0.2) is 0 Å². The van der Waals surface area contributed by atoms with Gasteiger partial charge in [-0.3, -0.25) is 9.59 Å². The quantitative estimate of drug-likeness (QED) is 0.667. The molecule has 13 heavy (non-hydrogen) atoms. The standard InChI is InChI=1S/C11H18O2/c1-6(2)10(12)8-5-9(8)11(13)7(3)4/h6-9H,5H2,1-4H3/t8-,9?/m1/s1. The monoisotopic (exact) mass is 182 g/mol. The van der Waals surface area contributed by atoms with Gasteiger partial charge in [0.2, 0.25) is 0 Å². The van der Waals surface area contributed by atoms with Crippen LogP contribution < -0.4 is 0 Å². The minimum Gasteiger partial charge on any atom is -0.299 e. The molecular weight excluding hydrogens is 164 g/mol. The number of hydrogen-bond donors (Lipinski definition) is 0. The van der Waals surface area contributed by atoms with E-state index in [2.05, 4.69) is 0 Å². The lowest BCUT2D eigenvalue weighted by Crippen LogP contribution is -2.16. The summed E-state index contributed by atoms with van der Waals surface area (Å²) in [6, 6.07) is 0. The first kappa shape index (κ1) is 10.4. The minimum atomic E-state index is 0.0508. The molecule has 2 heteroatoms. The second-order valence-electron chi connectivity index (χ2n) is 4.56. The molecule has 0 aromatic heterocycles. The maximum atomic E-state index is 11.5. The zero-order valence-corrected chi connectivity index (χ0v) is 8.83. The number of hydrogen-bond acceptors (Lipinski definition) is 2. The van der Waals surface area contributed by atoms with Crippen LogP contribution in [0.4, 0.5) is 0 Å². The number of ketones is 2. The van der Waals surface area contributed by atoms with E-state index in [-0.39, 0.29) is 35.2 Å². The summed E-state index contributed by atoms with van der Waals surface area (Å²) in [6.45, 7) is 7.60. The Kier molecular flexibility index (Phi) is 2.89. The molecule has 2 atom stereocenters. The van der Waals surface area contributed by atoms with E-state index in [1.54, 1.807) is 0 Å². The fourth-order valence-electron chi connectivity index (χ4n) is 1.68. The first-order valence-corrected chi connectivity index (χ1v) is 5.02. The van der Waals surface area contributed by atoms with Gasteiger partial charge in [-0.2, -0.15) is 0 Å². The van der Waals surface area contributed by atoms with Gasteiger partial charge in [-0.15, -0.1) is 0 Å². The molecular formula is C11H18O2. The Morgan fingerprint density at radius 3 is 1.46 bits per heavy atom. The van der Waals surface area contributed by atoms with Crippen LogP contribution in [0.25, 0.3) is 0 Å². The lowest BCUT2D eigenvalue weighted by atomic mass is 9.99. The molecule has 0 N–H and O–H groups in total. The van der Waals surface area contributed by atoms with E-state index in [0.717, 1.165) is 6.42 Å². The summed E-state index contributed by atoms with van der Waals surface area (Å²) in [5.41, 5.74) is 0. The van der Waals surface area contributed by atoms with Gasteiger partial charge in [0.15, 0.2) is 0 Å². The molecule has 0 radical (unpaired) electrons. The molecule has 0 bridgehead atoms. The summed E-state index contributed by atoms with van der Waals surface area (Å²) in [5, 5.41) is 0. The number of rotatable bonds is 4. The number of carbonyl (C=O) groups is 2. The Balaban J connectivity index is 2.47. The van der Waals surface area contributed by atoms with Crippen LogP contribution >= 0.6 is 0 Å². The molecule has 0 amide bonds. The lowest BCUT2D eigenvalue weighted by molar-refractivity contribution is -0.128. The minimum absolute atomic E-state index is 0.0508. The zero-order chi connectivity index (χ0) is 10.2. The zero-order valence-electron chi connectivity index (χ0n) is 8.83. The Labute approximate surface area is 79.7 Å². The third-order valence-electron chi connectivity index (χ3n) is 2.66. The van der Waals surface area contributed by atoms with Crippen molar-refractivity contribution in [3.63, 3.8) is 0 Å². The highest BCUT2D eigenvalue weighted by Gasteiger charge is 2.48. The third-order valence-corrected chi connectivity index (χ3v) is 2.66. The van der Waals surface area contributed by atoms with Gasteiger partial charge in [-0.05, 0) is 6.42 Å². The molecule has 0 aromatic rings. The van der Waals surface area contributed by atoms with E-state index in [0.29, 0.717) is 0 Å². The van der Waals surface area contributed by atoms with Gasteiger partial charge in [-0.25, -0.2) is 0 Å². The van der Waals surface area contributed by atoms with E-state index in [4.69, 9.17) is 0 Å². The van der Waals surface area contributed by atoms with Crippen LogP contribution in [0, 0.1) is 23.7 Å². The van der Waals surface area contributed by atoms with Crippen molar-refractivity contribution < 1.29 is 9.59 Å². The van der Waals surface area contributed by atoms with Gasteiger partial charge in [0.05, 0.1) is 0 Å². The lowest BCUT2D eigenvalue weighted by Gasteiger charge is -2.04. The van der Waals surface area contributed by atoms with Gasteiger partial charge in [0, 0.05) is 23.7 Å². The predicted molar refractivity (Wildman–Crippen MR) is 51.3 cm³/mol. The number of Topliss-reactive ketones (excluding diaryl/α,β-unsaturated/α-hetero) is 2. The Morgan fingerprint density at radius 1 is 0.923 bits per heavy atom. The number of carbonyl (C=O) groups excluding carboxylic acids is 2. The highest BCUT2D eigenvalue weighted by Crippen LogP contribution is 2.42. The molecule has 0 spiro atoms. The molecule has 2 nitrogen and oxygen atoms in total. The van der Waals surface area contributed by atoms with Crippen molar-refractivity contribution in [1.82, 2.24) is 0 Å². The average molecular weight is 182 g/mol. The van der Waals surface area contributed by atoms with Crippen molar-refractivity contribution in [2.24, 2.45) is 23.7 Å². The normalized spacial score (nSPS) is 26.6. The van der Waals surface area contributed by atoms with Crippen LogP contribution in [-0.2, 0) is 9.59 Å². The smallest absolute Gasteiger partial charge is 0.139 e. The highest BCUT2D eigenvalue weighted by molar-refractivity contribution is 5.95. The third kappa shape index (κ3) is 2.17. The fourth-order valence-corrected chi connectivity index (χ4v) is 1.68. The van der Waals surface area contributed by atoms with Crippen molar-refractivity contribution in [2.75, 3.05) is 0 Å². The summed E-state index contributed by atoms with van der Waals surface area (Å²) < 4.78 is 0. The van der Waals surface area contributed by atoms with Crippen LogP contribution in [0.2, 0.25) is 0 Å². The molecule has 1 saturated carbocycles. The second kappa shape index (κ2) is 3.60. The summed E-state index contributed by atoms with van der Waals surface area (Å²) in [6.07, 6.45) is 0.800. The Hall–Kier alpha value is -0.660. The molecule has 0 saturated heterocycles. The molecule has 1 aliphatic carbocycles. The Bertz CT molecular complexity index is 204. The van der Waals surface area contributed by atoms with Crippen molar-refractivity contribution in [3.8, 4) is 0 Å². The molecule has 0 aliphatic heterocycles. The first-order chi connectivity index (χ1) is 5.95. The molecule has 0 heterocycles. The SMILES string of the molecule is CC(C)C(=O)C1C[C@H]1C(=O)C(C)C. The van der Waals surface area contributed by atoms with E-state index in [1.165, 1.54) is 0 Å². The van der Waals surface area contributed by atoms with Crippen molar-refractivity contribution in [1.29, 1.82) is 0 Å². The summed E-state index contributed by atoms with van der Waals surface area (Å²) in [4.78, 5) is 23.0. The van der Waals surface area contributed by atoms with Crippen LogP contribution in [-0.4, -0.2) is 11.6 Å². The van der Waals surface area contributed by atoms with Crippen LogP contribution in [0.3, 0.4) is 0 Å². The van der Waals surface area contributed by atoms with Crippen LogP contribution in [0.1, 0.15) is 34.1 Å². The van der Waals surface area contributed by atoms with Crippen molar-refractivity contribution in [2.45, 2.75) is 34.1 Å². The van der Waals surface area contributed by atoms with E-state index in [9.17, 15) is 9.59 Å². The molecule has 1 unspecified atom stereocenters. The maximum absolute atomic E-state index is 11.5. The van der Waals surface area contributed by atoms with Gasteiger partial charge < -0.3 is 0 Å². The summed E-state index contributed by atoms with van der Waals surface area (Å²) >= 11 is 0. The van der Waals surface area contributed by atoms with Gasteiger partial charge in [-0.1, -0.05) is 27.7 Å². The van der Waals surface area contributed by atoms with Gasteiger partial charge >= 0.3 is 0 Å². The average Bonchev–Trinajstić information content (AvgIpc) is 2.80. The molecule has 0 aromatic carbocycles. The fraction of sp³-hybridized carbons (Fsp3) is 0.818. The summed E-state index contributed by atoms with van der Waals surface area (Å²) in [5.74, 6) is 0.785. The second-order valence-corrected chi connectivity index (χ2v) is 4.56. The van der Waals surface area contributed by atoms with Gasteiger partial charge in [0.1, 0.15) is 11.6 Å². The molecule has 1 aliphatic rings. The topological polar surface area (TPSA) is 34.1 Å². The molecule has 74 valence electrons. The van der Waals surface area contributed by atoms with Crippen molar-refractivity contribution >= 4 is 11.6 Å². The van der Waals surface area contributed by atoms with Gasteiger partial charge in [0.25, 0.3) is 0 Å². The maximum Gasteiger partial charge on any atom is 0.139 e. The van der Waals surface area contributed by atoms with E-state index in [1.807, 2.05) is 27.7 Å². The predicted octanol–water partition coefficient (Wildman–Crippen LogP) is 2.07.